The van der Waals surface area contributed by atoms with E-state index in [-0.39, 0.29) is 12.4 Å². The molecular weight excluding hydrogens is 296 g/mol. The van der Waals surface area contributed by atoms with Crippen molar-refractivity contribution in [2.24, 2.45) is 0 Å². The predicted octanol–water partition coefficient (Wildman–Crippen LogP) is 1.98. The summed E-state index contributed by atoms with van der Waals surface area (Å²) in [5, 5.41) is 9.50. The minimum absolute atomic E-state index is 0.191. The molecule has 1 fully saturated rings. The van der Waals surface area contributed by atoms with Gasteiger partial charge in [-0.15, -0.1) is 11.8 Å². The number of Topliss-reactive ketones (excluding diaryl/α,β-unsaturated/α-hetero) is 1. The fraction of sp³-hybridized carbons (Fsp3) is 0.588. The van der Waals surface area contributed by atoms with Crippen molar-refractivity contribution in [1.29, 1.82) is 0 Å². The van der Waals surface area contributed by atoms with E-state index >= 15 is 0 Å². The minimum atomic E-state index is 0.191. The highest BCUT2D eigenvalue weighted by Gasteiger charge is 2.19. The van der Waals surface area contributed by atoms with Gasteiger partial charge in [0.2, 0.25) is 0 Å². The van der Waals surface area contributed by atoms with E-state index in [0.29, 0.717) is 11.8 Å². The molecule has 0 unspecified atom stereocenters. The zero-order chi connectivity index (χ0) is 15.9. The number of carbonyl (C=O) groups excluding carboxylic acids is 1. The molecule has 1 aliphatic rings. The first-order valence-electron chi connectivity index (χ1n) is 7.94. The Morgan fingerprint density at radius 3 is 2.27 bits per heavy atom. The van der Waals surface area contributed by atoms with Gasteiger partial charge in [0.05, 0.1) is 13.2 Å². The van der Waals surface area contributed by atoms with E-state index in [9.17, 15) is 4.79 Å². The van der Waals surface area contributed by atoms with Crippen molar-refractivity contribution in [2.45, 2.75) is 24.0 Å². The minimum Gasteiger partial charge on any atom is -0.395 e. The summed E-state index contributed by atoms with van der Waals surface area (Å²) in [6.45, 7) is 9.41. The monoisotopic (exact) mass is 322 g/mol. The highest BCUT2D eigenvalue weighted by Crippen LogP contribution is 2.23. The fourth-order valence-electron chi connectivity index (χ4n) is 2.60. The number of hydrogen-bond donors (Lipinski definition) is 1. The van der Waals surface area contributed by atoms with Crippen molar-refractivity contribution in [3.63, 3.8) is 0 Å². The number of piperazine rings is 1. The molecule has 0 aromatic heterocycles. The van der Waals surface area contributed by atoms with Gasteiger partial charge in [0.1, 0.15) is 0 Å². The lowest BCUT2D eigenvalue weighted by atomic mass is 10.1. The third-order valence-electron chi connectivity index (χ3n) is 3.80. The number of β-amino-alcohol motifs (C(OH)–C–C–N with tert-alkyl or cyclic N) is 1. The largest absolute Gasteiger partial charge is 0.395 e. The number of hydrogen-bond acceptors (Lipinski definition) is 5. The molecule has 1 heterocycles. The van der Waals surface area contributed by atoms with Crippen molar-refractivity contribution in [3.05, 3.63) is 29.8 Å². The number of aliphatic hydroxyl groups excluding tert-OH is 1. The molecule has 1 N–H and O–H groups in total. The second-order valence-corrected chi connectivity index (χ2v) is 7.61. The third kappa shape index (κ3) is 5.39. The maximum absolute atomic E-state index is 12.4. The molecule has 0 radical (unpaired) electrons. The fourth-order valence-corrected chi connectivity index (χ4v) is 3.44. The Kier molecular flexibility index (Phi) is 6.89. The standard InChI is InChI=1S/C17H26N2O2S/c1-14(2)22-16-5-3-15(4-6-16)17(21)13-19-9-7-18(8-10-19)11-12-20/h3-6,14,20H,7-13H2,1-2H3. The molecule has 0 bridgehead atoms. The molecule has 2 rings (SSSR count). The average molecular weight is 322 g/mol. The summed E-state index contributed by atoms with van der Waals surface area (Å²) in [5.74, 6) is 0.191. The SMILES string of the molecule is CC(C)Sc1ccc(C(=O)CN2CCN(CCO)CC2)cc1. The molecule has 4 nitrogen and oxygen atoms in total. The van der Waals surface area contributed by atoms with Crippen molar-refractivity contribution >= 4 is 17.5 Å². The molecule has 1 saturated heterocycles. The Hall–Kier alpha value is -0.880. The van der Waals surface area contributed by atoms with E-state index in [2.05, 4.69) is 23.6 Å². The molecule has 122 valence electrons. The van der Waals surface area contributed by atoms with Crippen LogP contribution in [0, 0.1) is 0 Å². The Bertz CT molecular complexity index is 468. The topological polar surface area (TPSA) is 43.8 Å². The first kappa shape index (κ1) is 17.5. The molecule has 0 spiro atoms. The van der Waals surface area contributed by atoms with Crippen molar-refractivity contribution in [3.8, 4) is 0 Å². The average Bonchev–Trinajstić information content (AvgIpc) is 2.49. The predicted molar refractivity (Wildman–Crippen MR) is 91.7 cm³/mol. The summed E-state index contributed by atoms with van der Waals surface area (Å²) in [4.78, 5) is 18.0. The summed E-state index contributed by atoms with van der Waals surface area (Å²) in [7, 11) is 0. The van der Waals surface area contributed by atoms with Gasteiger partial charge in [0.15, 0.2) is 5.78 Å². The van der Waals surface area contributed by atoms with Crippen molar-refractivity contribution in [1.82, 2.24) is 9.80 Å². The number of nitrogens with zero attached hydrogens (tertiary/aromatic N) is 2. The number of thioether (sulfide) groups is 1. The Balaban J connectivity index is 1.82. The van der Waals surface area contributed by atoms with Gasteiger partial charge in [-0.1, -0.05) is 26.0 Å². The number of ketones is 1. The van der Waals surface area contributed by atoms with E-state index in [1.807, 2.05) is 36.0 Å². The molecule has 0 amide bonds. The van der Waals surface area contributed by atoms with Crippen LogP contribution in [0.15, 0.2) is 29.2 Å². The quantitative estimate of drug-likeness (QED) is 0.614. The van der Waals surface area contributed by atoms with E-state index in [1.54, 1.807) is 0 Å². The third-order valence-corrected chi connectivity index (χ3v) is 4.81. The molecule has 0 atom stereocenters. The molecule has 5 heteroatoms. The van der Waals surface area contributed by atoms with Crippen LogP contribution in [0.5, 0.6) is 0 Å². The number of aliphatic hydroxyl groups is 1. The highest BCUT2D eigenvalue weighted by molar-refractivity contribution is 7.99. The zero-order valence-electron chi connectivity index (χ0n) is 13.5. The Morgan fingerprint density at radius 2 is 1.73 bits per heavy atom. The second-order valence-electron chi connectivity index (χ2n) is 5.96. The van der Waals surface area contributed by atoms with Crippen LogP contribution >= 0.6 is 11.8 Å². The van der Waals surface area contributed by atoms with Gasteiger partial charge in [-0.2, -0.15) is 0 Å². The molecular formula is C17H26N2O2S. The molecule has 1 aromatic rings. The summed E-state index contributed by atoms with van der Waals surface area (Å²) in [6.07, 6.45) is 0. The molecule has 0 aliphatic carbocycles. The number of benzene rings is 1. The summed E-state index contributed by atoms with van der Waals surface area (Å²) in [5.41, 5.74) is 0.797. The van der Waals surface area contributed by atoms with Crippen LogP contribution in [0.4, 0.5) is 0 Å². The lowest BCUT2D eigenvalue weighted by molar-refractivity contribution is 0.0822. The van der Waals surface area contributed by atoms with E-state index < -0.39 is 0 Å². The molecule has 22 heavy (non-hydrogen) atoms. The van der Waals surface area contributed by atoms with Crippen LogP contribution in [-0.4, -0.2) is 71.8 Å². The lowest BCUT2D eigenvalue weighted by Gasteiger charge is -2.33. The Labute approximate surface area is 137 Å². The van der Waals surface area contributed by atoms with Gasteiger partial charge in [-0.25, -0.2) is 0 Å². The summed E-state index contributed by atoms with van der Waals surface area (Å²) >= 11 is 1.81. The van der Waals surface area contributed by atoms with Crippen molar-refractivity contribution < 1.29 is 9.90 Å². The van der Waals surface area contributed by atoms with Crippen LogP contribution in [0.25, 0.3) is 0 Å². The summed E-state index contributed by atoms with van der Waals surface area (Å²) < 4.78 is 0. The van der Waals surface area contributed by atoms with Gasteiger partial charge in [-0.3, -0.25) is 14.6 Å². The molecule has 0 saturated carbocycles. The van der Waals surface area contributed by atoms with Crippen LogP contribution in [0.2, 0.25) is 0 Å². The first-order chi connectivity index (χ1) is 10.6. The van der Waals surface area contributed by atoms with Gasteiger partial charge >= 0.3 is 0 Å². The zero-order valence-corrected chi connectivity index (χ0v) is 14.3. The smallest absolute Gasteiger partial charge is 0.176 e. The van der Waals surface area contributed by atoms with E-state index in [1.165, 1.54) is 4.90 Å². The van der Waals surface area contributed by atoms with Gasteiger partial charge < -0.3 is 5.11 Å². The van der Waals surface area contributed by atoms with Gasteiger partial charge in [0, 0.05) is 48.4 Å². The molecule has 1 aliphatic heterocycles. The highest BCUT2D eigenvalue weighted by atomic mass is 32.2. The Morgan fingerprint density at radius 1 is 1.14 bits per heavy atom. The van der Waals surface area contributed by atoms with E-state index in [4.69, 9.17) is 5.11 Å². The van der Waals surface area contributed by atoms with Crippen LogP contribution in [-0.2, 0) is 0 Å². The lowest BCUT2D eigenvalue weighted by Crippen LogP contribution is -2.48. The first-order valence-corrected chi connectivity index (χ1v) is 8.82. The summed E-state index contributed by atoms with van der Waals surface area (Å²) in [6, 6.07) is 7.96. The maximum Gasteiger partial charge on any atom is 0.176 e. The van der Waals surface area contributed by atoms with Crippen LogP contribution < -0.4 is 0 Å². The van der Waals surface area contributed by atoms with Gasteiger partial charge in [-0.05, 0) is 12.1 Å². The number of rotatable bonds is 7. The van der Waals surface area contributed by atoms with Crippen molar-refractivity contribution in [2.75, 3.05) is 45.9 Å². The van der Waals surface area contributed by atoms with Gasteiger partial charge in [0.25, 0.3) is 0 Å². The van der Waals surface area contributed by atoms with E-state index in [0.717, 1.165) is 38.3 Å². The maximum atomic E-state index is 12.4. The number of carbonyl (C=O) groups is 1. The second kappa shape index (κ2) is 8.67. The normalized spacial score (nSPS) is 17.1. The van der Waals surface area contributed by atoms with Crippen LogP contribution in [0.3, 0.4) is 0 Å². The molecule has 1 aromatic carbocycles. The van der Waals surface area contributed by atoms with Crippen LogP contribution in [0.1, 0.15) is 24.2 Å².